The van der Waals surface area contributed by atoms with Crippen molar-refractivity contribution in [3.63, 3.8) is 0 Å². The summed E-state index contributed by atoms with van der Waals surface area (Å²) >= 11 is 0. The van der Waals surface area contributed by atoms with E-state index in [1.807, 2.05) is 42.2 Å². The first-order chi connectivity index (χ1) is 16.5. The molecule has 1 fully saturated rings. The molecule has 3 aliphatic heterocycles. The van der Waals surface area contributed by atoms with Crippen molar-refractivity contribution in [3.8, 4) is 17.0 Å². The summed E-state index contributed by atoms with van der Waals surface area (Å²) < 4.78 is 14.3. The van der Waals surface area contributed by atoms with E-state index in [4.69, 9.17) is 19.4 Å². The van der Waals surface area contributed by atoms with Gasteiger partial charge in [0.15, 0.2) is 5.65 Å². The Balaban J connectivity index is 1.32. The van der Waals surface area contributed by atoms with Gasteiger partial charge in [-0.15, -0.1) is 0 Å². The van der Waals surface area contributed by atoms with Crippen molar-refractivity contribution in [2.75, 3.05) is 31.2 Å². The van der Waals surface area contributed by atoms with Crippen molar-refractivity contribution in [1.29, 1.82) is 0 Å². The molecule has 4 aromatic rings. The van der Waals surface area contributed by atoms with Gasteiger partial charge in [0.2, 0.25) is 5.95 Å². The van der Waals surface area contributed by atoms with Crippen molar-refractivity contribution < 1.29 is 14.6 Å². The largest absolute Gasteiger partial charge is 0.493 e. The number of imidazole rings is 1. The number of hydrogen-bond donors (Lipinski definition) is 1. The molecule has 1 aromatic carbocycles. The third-order valence-corrected chi connectivity index (χ3v) is 7.02. The van der Waals surface area contributed by atoms with E-state index in [0.717, 1.165) is 46.0 Å². The Bertz CT molecular complexity index is 1400. The van der Waals surface area contributed by atoms with Gasteiger partial charge in [-0.25, -0.2) is 19.9 Å². The molecule has 172 valence electrons. The molecule has 3 aliphatic rings. The van der Waals surface area contributed by atoms with Crippen LogP contribution in [0.3, 0.4) is 0 Å². The minimum Gasteiger partial charge on any atom is -0.493 e. The third-order valence-electron chi connectivity index (χ3n) is 7.02. The number of anilines is 1. The number of benzene rings is 1. The number of β-amino-alcohol motifs (C(OH)–C–C–N with tert-alkyl or cyclic N) is 1. The second-order valence-corrected chi connectivity index (χ2v) is 9.65. The van der Waals surface area contributed by atoms with Gasteiger partial charge in [0.1, 0.15) is 29.2 Å². The Hall–Kier alpha value is -3.56. The first-order valence-electron chi connectivity index (χ1n) is 11.5. The fraction of sp³-hybridized carbons (Fsp3) is 0.360. The van der Waals surface area contributed by atoms with Crippen molar-refractivity contribution in [3.05, 3.63) is 60.2 Å². The Morgan fingerprint density at radius 3 is 2.68 bits per heavy atom. The minimum atomic E-state index is -0.668. The van der Waals surface area contributed by atoms with E-state index < -0.39 is 11.1 Å². The van der Waals surface area contributed by atoms with Crippen LogP contribution in [0.15, 0.2) is 48.8 Å². The highest BCUT2D eigenvalue weighted by Crippen LogP contribution is 2.44. The predicted octanol–water partition coefficient (Wildman–Crippen LogP) is 2.52. The van der Waals surface area contributed by atoms with E-state index in [2.05, 4.69) is 20.6 Å². The molecule has 0 saturated carbocycles. The molecule has 0 bridgehead atoms. The molecule has 0 radical (unpaired) electrons. The van der Waals surface area contributed by atoms with E-state index in [1.165, 1.54) is 0 Å². The summed E-state index contributed by atoms with van der Waals surface area (Å²) in [5.74, 6) is 2.38. The maximum atomic E-state index is 9.99. The molecule has 1 N–H and O–H groups in total. The number of nitrogens with zero attached hydrogens (tertiary/aromatic N) is 6. The van der Waals surface area contributed by atoms with Gasteiger partial charge >= 0.3 is 0 Å². The maximum Gasteiger partial charge on any atom is 0.225 e. The Morgan fingerprint density at radius 1 is 1.03 bits per heavy atom. The van der Waals surface area contributed by atoms with Crippen LogP contribution in [0.2, 0.25) is 0 Å². The van der Waals surface area contributed by atoms with Gasteiger partial charge in [-0.1, -0.05) is 18.2 Å². The number of fused-ring (bicyclic) bond motifs is 6. The molecular weight excluding hydrogens is 432 g/mol. The summed E-state index contributed by atoms with van der Waals surface area (Å²) in [4.78, 5) is 20.9. The lowest BCUT2D eigenvalue weighted by molar-refractivity contribution is 0.00399. The zero-order chi connectivity index (χ0) is 22.9. The second kappa shape index (κ2) is 6.97. The highest BCUT2D eigenvalue weighted by Gasteiger charge is 2.45. The van der Waals surface area contributed by atoms with Gasteiger partial charge in [0.25, 0.3) is 0 Å². The molecule has 3 aromatic heterocycles. The molecule has 0 amide bonds. The van der Waals surface area contributed by atoms with E-state index >= 15 is 0 Å². The summed E-state index contributed by atoms with van der Waals surface area (Å²) in [5.41, 5.74) is 3.33. The zero-order valence-corrected chi connectivity index (χ0v) is 18.8. The maximum absolute atomic E-state index is 9.99. The van der Waals surface area contributed by atoms with Crippen molar-refractivity contribution in [2.45, 2.75) is 31.1 Å². The van der Waals surface area contributed by atoms with Crippen molar-refractivity contribution in [1.82, 2.24) is 24.5 Å². The summed E-state index contributed by atoms with van der Waals surface area (Å²) in [7, 11) is 0. The van der Waals surface area contributed by atoms with Gasteiger partial charge in [0, 0.05) is 29.9 Å². The number of para-hydroxylation sites is 1. The van der Waals surface area contributed by atoms with Crippen LogP contribution in [0, 0.1) is 0 Å². The van der Waals surface area contributed by atoms with Crippen LogP contribution >= 0.6 is 0 Å². The van der Waals surface area contributed by atoms with Crippen molar-refractivity contribution >= 4 is 17.1 Å². The first kappa shape index (κ1) is 19.9. The number of pyridine rings is 1. The topological polar surface area (TPSA) is 98.4 Å². The fourth-order valence-electron chi connectivity index (χ4n) is 5.45. The van der Waals surface area contributed by atoms with Gasteiger partial charge in [-0.05, 0) is 25.1 Å². The lowest BCUT2D eigenvalue weighted by atomic mass is 9.84. The molecular formula is C25H24N6O3. The molecule has 1 saturated heterocycles. The van der Waals surface area contributed by atoms with E-state index in [0.29, 0.717) is 38.9 Å². The second-order valence-electron chi connectivity index (χ2n) is 9.65. The number of ether oxygens (including phenoxy) is 2. The smallest absolute Gasteiger partial charge is 0.225 e. The van der Waals surface area contributed by atoms with Crippen LogP contribution in [0.1, 0.15) is 24.7 Å². The highest BCUT2D eigenvalue weighted by molar-refractivity contribution is 5.77. The van der Waals surface area contributed by atoms with Crippen LogP contribution < -0.4 is 9.64 Å². The fourth-order valence-corrected chi connectivity index (χ4v) is 5.45. The van der Waals surface area contributed by atoms with Crippen LogP contribution in [-0.4, -0.2) is 61.5 Å². The molecule has 1 spiro atoms. The number of rotatable bonds is 2. The highest BCUT2D eigenvalue weighted by atomic mass is 16.5. The molecule has 6 heterocycles. The average Bonchev–Trinajstić information content (AvgIpc) is 3.22. The first-order valence-corrected chi connectivity index (χ1v) is 11.5. The quantitative estimate of drug-likeness (QED) is 0.491. The Morgan fingerprint density at radius 2 is 1.85 bits per heavy atom. The number of aromatic nitrogens is 5. The van der Waals surface area contributed by atoms with E-state index in [-0.39, 0.29) is 0 Å². The van der Waals surface area contributed by atoms with Gasteiger partial charge < -0.3 is 19.5 Å². The Labute approximate surface area is 196 Å². The molecule has 1 atom stereocenters. The SMILES string of the molecule is CC1(O)CN(c2ncc(-c3ccc4nc5n(c4n3)C3(CCOc4ccccc43)COC5)cn2)C1. The Kier molecular flexibility index (Phi) is 4.07. The van der Waals surface area contributed by atoms with Crippen molar-refractivity contribution in [2.24, 2.45) is 0 Å². The zero-order valence-electron chi connectivity index (χ0n) is 18.8. The molecule has 1 unspecified atom stereocenters. The monoisotopic (exact) mass is 456 g/mol. The lowest BCUT2D eigenvalue weighted by Gasteiger charge is -2.44. The predicted molar refractivity (Wildman–Crippen MR) is 125 cm³/mol. The van der Waals surface area contributed by atoms with E-state index in [1.54, 1.807) is 12.4 Å². The van der Waals surface area contributed by atoms with Gasteiger partial charge in [-0.2, -0.15) is 0 Å². The summed E-state index contributed by atoms with van der Waals surface area (Å²) in [6.07, 6.45) is 4.37. The average molecular weight is 457 g/mol. The molecule has 0 aliphatic carbocycles. The van der Waals surface area contributed by atoms with Crippen LogP contribution in [-0.2, 0) is 16.9 Å². The van der Waals surface area contributed by atoms with Crippen LogP contribution in [0.25, 0.3) is 22.4 Å². The molecule has 34 heavy (non-hydrogen) atoms. The summed E-state index contributed by atoms with van der Waals surface area (Å²) in [5, 5.41) is 9.99. The van der Waals surface area contributed by atoms with Crippen LogP contribution in [0.4, 0.5) is 5.95 Å². The minimum absolute atomic E-state index is 0.405. The normalized spacial score (nSPS) is 22.7. The standard InChI is InChI=1S/C25H24N6O3/c1-24(32)13-30(14-24)23-26-10-16(11-27-23)18-6-7-19-22(29-18)31-21(28-19)12-33-15-25(31)8-9-34-20-5-3-2-4-17(20)25/h2-7,10-11,32H,8-9,12-15H2,1H3. The summed E-state index contributed by atoms with van der Waals surface area (Å²) in [6, 6.07) is 12.1. The molecule has 9 heteroatoms. The number of aliphatic hydroxyl groups is 1. The summed E-state index contributed by atoms with van der Waals surface area (Å²) in [6.45, 7) is 4.50. The van der Waals surface area contributed by atoms with Gasteiger partial charge in [0.05, 0.1) is 37.6 Å². The lowest BCUT2D eigenvalue weighted by Crippen LogP contribution is -2.60. The van der Waals surface area contributed by atoms with Crippen LogP contribution in [0.5, 0.6) is 5.75 Å². The van der Waals surface area contributed by atoms with Gasteiger partial charge in [-0.3, -0.25) is 4.57 Å². The third kappa shape index (κ3) is 2.87. The molecule has 7 rings (SSSR count). The molecule has 9 nitrogen and oxygen atoms in total. The number of hydrogen-bond acceptors (Lipinski definition) is 8. The van der Waals surface area contributed by atoms with E-state index in [9.17, 15) is 5.11 Å².